The third kappa shape index (κ3) is 3.23. The molecule has 0 saturated heterocycles. The van der Waals surface area contributed by atoms with Crippen LogP contribution in [0.2, 0.25) is 0 Å². The molecule has 0 radical (unpaired) electrons. The summed E-state index contributed by atoms with van der Waals surface area (Å²) in [5, 5.41) is 2.34. The van der Waals surface area contributed by atoms with Crippen LogP contribution in [0.15, 0.2) is 53.3 Å². The zero-order valence-corrected chi connectivity index (χ0v) is 16.7. The van der Waals surface area contributed by atoms with E-state index in [1.54, 1.807) is 13.8 Å². The van der Waals surface area contributed by atoms with E-state index in [0.717, 1.165) is 10.8 Å². The fourth-order valence-electron chi connectivity index (χ4n) is 3.53. The van der Waals surface area contributed by atoms with Gasteiger partial charge < -0.3 is 18.9 Å². The summed E-state index contributed by atoms with van der Waals surface area (Å²) in [6.07, 6.45) is -1.02. The summed E-state index contributed by atoms with van der Waals surface area (Å²) in [6.45, 7) is 3.83. The molecule has 0 fully saturated rings. The van der Waals surface area contributed by atoms with E-state index in [1.807, 2.05) is 36.4 Å². The van der Waals surface area contributed by atoms with Crippen molar-refractivity contribution in [2.75, 3.05) is 19.8 Å². The Morgan fingerprint density at radius 1 is 1.17 bits per heavy atom. The molecule has 2 aliphatic heterocycles. The van der Waals surface area contributed by atoms with E-state index in [9.17, 15) is 9.59 Å². The summed E-state index contributed by atoms with van der Waals surface area (Å²) in [6, 6.07) is 11.6. The second-order valence-electron chi connectivity index (χ2n) is 6.47. The van der Waals surface area contributed by atoms with Crippen molar-refractivity contribution in [3.05, 3.63) is 58.9 Å². The van der Waals surface area contributed by atoms with Crippen molar-refractivity contribution >= 4 is 39.3 Å². The van der Waals surface area contributed by atoms with Gasteiger partial charge in [-0.05, 0) is 25.3 Å². The van der Waals surface area contributed by atoms with Gasteiger partial charge in [0.1, 0.15) is 17.9 Å². The van der Waals surface area contributed by atoms with Gasteiger partial charge in [-0.25, -0.2) is 9.59 Å². The van der Waals surface area contributed by atoms with Crippen LogP contribution in [-0.2, 0) is 23.8 Å². The van der Waals surface area contributed by atoms with Gasteiger partial charge in [-0.3, -0.25) is 0 Å². The van der Waals surface area contributed by atoms with E-state index in [1.165, 1.54) is 0 Å². The van der Waals surface area contributed by atoms with Crippen LogP contribution in [0.1, 0.15) is 19.4 Å². The summed E-state index contributed by atoms with van der Waals surface area (Å²) >= 11 is 6.71. The lowest BCUT2D eigenvalue weighted by Gasteiger charge is -2.25. The van der Waals surface area contributed by atoms with E-state index in [2.05, 4.69) is 0 Å². The monoisotopic (exact) mass is 414 g/mol. The predicted molar refractivity (Wildman–Crippen MR) is 107 cm³/mol. The summed E-state index contributed by atoms with van der Waals surface area (Å²) in [7, 11) is 0. The molecule has 1 unspecified atom stereocenters. The molecule has 7 heteroatoms. The highest BCUT2D eigenvalue weighted by atomic mass is 35.5. The van der Waals surface area contributed by atoms with Crippen molar-refractivity contribution in [2.45, 2.75) is 20.0 Å². The van der Waals surface area contributed by atoms with Gasteiger partial charge in [-0.2, -0.15) is 0 Å². The molecule has 1 atom stereocenters. The number of ether oxygens (including phenoxy) is 4. The first-order chi connectivity index (χ1) is 14.1. The van der Waals surface area contributed by atoms with Crippen LogP contribution in [-0.4, -0.2) is 37.9 Å². The van der Waals surface area contributed by atoms with Crippen LogP contribution < -0.4 is 4.74 Å². The van der Waals surface area contributed by atoms with Crippen LogP contribution in [0.5, 0.6) is 5.75 Å². The van der Waals surface area contributed by atoms with E-state index >= 15 is 0 Å². The fraction of sp³-hybridized carbons (Fsp3) is 0.273. The van der Waals surface area contributed by atoms with Gasteiger partial charge in [0, 0.05) is 16.5 Å². The van der Waals surface area contributed by atoms with E-state index in [4.69, 9.17) is 30.5 Å². The van der Waals surface area contributed by atoms with E-state index in [0.29, 0.717) is 21.9 Å². The molecule has 2 aliphatic rings. The van der Waals surface area contributed by atoms with Crippen molar-refractivity contribution in [1.82, 2.24) is 0 Å². The Morgan fingerprint density at radius 3 is 2.72 bits per heavy atom. The number of carbonyl (C=O) groups is 2. The Kier molecular flexibility index (Phi) is 5.20. The summed E-state index contributed by atoms with van der Waals surface area (Å²) in [5.74, 6) is -0.876. The molecule has 29 heavy (non-hydrogen) atoms. The second kappa shape index (κ2) is 7.79. The number of hydrogen-bond donors (Lipinski definition) is 0. The van der Waals surface area contributed by atoms with Gasteiger partial charge in [0.25, 0.3) is 0 Å². The molecule has 0 bridgehead atoms. The van der Waals surface area contributed by atoms with Gasteiger partial charge >= 0.3 is 11.9 Å². The Balaban J connectivity index is 1.82. The van der Waals surface area contributed by atoms with Gasteiger partial charge in [0.05, 0.1) is 18.2 Å². The largest absolute Gasteiger partial charge is 0.488 e. The standard InChI is InChI=1S/C22H19ClO6/c1-3-26-20-16(21(24)27-4-2)19(29-22(20)25)15-11-28-18-13-8-6-5-7-12(13)9-10-14(18)17(15)23/h5-10,19H,3-4,11H2,1-2H3. The predicted octanol–water partition coefficient (Wildman–Crippen LogP) is 3.96. The average Bonchev–Trinajstić information content (AvgIpc) is 3.04. The molecule has 0 aliphatic carbocycles. The maximum Gasteiger partial charge on any atom is 0.375 e. The van der Waals surface area contributed by atoms with Gasteiger partial charge in [0.2, 0.25) is 5.76 Å². The quantitative estimate of drug-likeness (QED) is 0.689. The van der Waals surface area contributed by atoms with Crippen molar-refractivity contribution in [3.8, 4) is 5.75 Å². The number of halogens is 1. The minimum atomic E-state index is -1.02. The summed E-state index contributed by atoms with van der Waals surface area (Å²) in [4.78, 5) is 24.9. The van der Waals surface area contributed by atoms with Gasteiger partial charge in [-0.1, -0.05) is 41.9 Å². The Hall–Kier alpha value is -2.99. The molecule has 150 valence electrons. The van der Waals surface area contributed by atoms with Crippen LogP contribution in [0.4, 0.5) is 0 Å². The highest BCUT2D eigenvalue weighted by Crippen LogP contribution is 2.44. The smallest absolute Gasteiger partial charge is 0.375 e. The number of esters is 2. The van der Waals surface area contributed by atoms with Crippen molar-refractivity contribution in [3.63, 3.8) is 0 Å². The third-order valence-corrected chi connectivity index (χ3v) is 5.23. The number of carbonyl (C=O) groups excluding carboxylic acids is 2. The minimum Gasteiger partial charge on any atom is -0.488 e. The molecule has 2 heterocycles. The molecule has 0 aromatic heterocycles. The molecule has 0 saturated carbocycles. The zero-order valence-electron chi connectivity index (χ0n) is 16.0. The van der Waals surface area contributed by atoms with Gasteiger partial charge in [0.15, 0.2) is 6.10 Å². The average molecular weight is 415 g/mol. The lowest BCUT2D eigenvalue weighted by molar-refractivity contribution is -0.142. The third-order valence-electron chi connectivity index (χ3n) is 4.79. The SMILES string of the molecule is CCOC(=O)C1=C(OCC)C(=O)OC1C1=C(Cl)c2ccc3ccccc3c2OC1. The highest BCUT2D eigenvalue weighted by molar-refractivity contribution is 6.50. The number of benzene rings is 2. The fourth-order valence-corrected chi connectivity index (χ4v) is 3.83. The maximum atomic E-state index is 12.6. The molecule has 0 spiro atoms. The molecular weight excluding hydrogens is 396 g/mol. The number of hydrogen-bond acceptors (Lipinski definition) is 6. The van der Waals surface area contributed by atoms with Crippen LogP contribution in [0.25, 0.3) is 15.8 Å². The van der Waals surface area contributed by atoms with Crippen LogP contribution in [0.3, 0.4) is 0 Å². The Bertz CT molecular complexity index is 1070. The van der Waals surface area contributed by atoms with E-state index in [-0.39, 0.29) is 31.2 Å². The maximum absolute atomic E-state index is 12.6. The second-order valence-corrected chi connectivity index (χ2v) is 6.85. The van der Waals surface area contributed by atoms with Crippen molar-refractivity contribution in [2.24, 2.45) is 0 Å². The van der Waals surface area contributed by atoms with E-state index < -0.39 is 18.0 Å². The molecule has 0 N–H and O–H groups in total. The highest BCUT2D eigenvalue weighted by Gasteiger charge is 2.44. The lowest BCUT2D eigenvalue weighted by atomic mass is 9.96. The van der Waals surface area contributed by atoms with Crippen LogP contribution in [0, 0.1) is 0 Å². The molecule has 4 rings (SSSR count). The summed E-state index contributed by atoms with van der Waals surface area (Å²) in [5.41, 5.74) is 1.16. The molecule has 2 aromatic carbocycles. The number of fused-ring (bicyclic) bond motifs is 3. The minimum absolute atomic E-state index is 0.0136. The first-order valence-corrected chi connectivity index (χ1v) is 9.73. The number of cyclic esters (lactones) is 1. The lowest BCUT2D eigenvalue weighted by Crippen LogP contribution is -2.27. The molecule has 0 amide bonds. The first kappa shape index (κ1) is 19.3. The Labute approximate surface area is 172 Å². The van der Waals surface area contributed by atoms with Gasteiger partial charge in [-0.15, -0.1) is 0 Å². The van der Waals surface area contributed by atoms with Crippen LogP contribution >= 0.6 is 11.6 Å². The van der Waals surface area contributed by atoms with Crippen molar-refractivity contribution in [1.29, 1.82) is 0 Å². The van der Waals surface area contributed by atoms with Crippen molar-refractivity contribution < 1.29 is 28.5 Å². The zero-order chi connectivity index (χ0) is 20.5. The Morgan fingerprint density at radius 2 is 1.97 bits per heavy atom. The molecular formula is C22H19ClO6. The first-order valence-electron chi connectivity index (χ1n) is 9.35. The normalized spacial score (nSPS) is 18.4. The molecule has 6 nitrogen and oxygen atoms in total. The summed E-state index contributed by atoms with van der Waals surface area (Å²) < 4.78 is 22.0. The molecule has 2 aromatic rings. The topological polar surface area (TPSA) is 71.1 Å². The number of rotatable bonds is 5.